The van der Waals surface area contributed by atoms with Crippen LogP contribution in [0.2, 0.25) is 0 Å². The normalized spacial score (nSPS) is 29.5. The third kappa shape index (κ3) is 1.70. The minimum absolute atomic E-state index is 1.04. The van der Waals surface area contributed by atoms with Gasteiger partial charge < -0.3 is 10.6 Å². The first-order valence-corrected chi connectivity index (χ1v) is 4.38. The Hall–Kier alpha value is -0.160. The second-order valence-electron chi connectivity index (χ2n) is 3.09. The topological polar surface area (TPSA) is 30.5 Å². The van der Waals surface area contributed by atoms with Gasteiger partial charge in [0.05, 0.1) is 6.67 Å². The maximum absolute atomic E-state index is 3.35. The lowest BCUT2D eigenvalue weighted by Gasteiger charge is -2.34. The van der Waals surface area contributed by atoms with E-state index in [-0.39, 0.29) is 0 Å². The van der Waals surface area contributed by atoms with Crippen LogP contribution in [0, 0.1) is 0 Å². The zero-order valence-corrected chi connectivity index (χ0v) is 6.84. The fourth-order valence-corrected chi connectivity index (χ4v) is 1.67. The van der Waals surface area contributed by atoms with Crippen molar-refractivity contribution in [1.29, 1.82) is 0 Å². The third-order valence-corrected chi connectivity index (χ3v) is 2.33. The van der Waals surface area contributed by atoms with Gasteiger partial charge in [0, 0.05) is 39.3 Å². The zero-order valence-electron chi connectivity index (χ0n) is 6.84. The van der Waals surface area contributed by atoms with E-state index in [2.05, 4.69) is 20.7 Å². The van der Waals surface area contributed by atoms with Gasteiger partial charge in [-0.1, -0.05) is 0 Å². The maximum Gasteiger partial charge on any atom is 0.0624 e. The Balaban J connectivity index is 1.82. The van der Waals surface area contributed by atoms with Crippen LogP contribution in [0.15, 0.2) is 0 Å². The lowest BCUT2D eigenvalue weighted by Crippen LogP contribution is -2.51. The summed E-state index contributed by atoms with van der Waals surface area (Å²) in [6.07, 6.45) is 0. The van der Waals surface area contributed by atoms with E-state index < -0.39 is 0 Å². The van der Waals surface area contributed by atoms with Crippen LogP contribution in [0.1, 0.15) is 0 Å². The van der Waals surface area contributed by atoms with Gasteiger partial charge in [-0.25, -0.2) is 10.0 Å². The van der Waals surface area contributed by atoms with Crippen molar-refractivity contribution in [1.82, 2.24) is 20.7 Å². The summed E-state index contributed by atoms with van der Waals surface area (Å²) in [4.78, 5) is 0. The highest BCUT2D eigenvalue weighted by atomic mass is 15.7. The molecule has 2 N–H and O–H groups in total. The lowest BCUT2D eigenvalue weighted by atomic mass is 10.4. The number of nitrogens with zero attached hydrogens (tertiary/aromatic N) is 2. The van der Waals surface area contributed by atoms with Crippen LogP contribution in [0.25, 0.3) is 0 Å². The van der Waals surface area contributed by atoms with Crippen LogP contribution >= 0.6 is 0 Å². The van der Waals surface area contributed by atoms with Crippen LogP contribution in [0.3, 0.4) is 0 Å². The van der Waals surface area contributed by atoms with Crippen LogP contribution in [0.5, 0.6) is 0 Å². The van der Waals surface area contributed by atoms with Crippen molar-refractivity contribution < 1.29 is 0 Å². The molecule has 2 saturated heterocycles. The van der Waals surface area contributed by atoms with Crippen LogP contribution in [0.4, 0.5) is 0 Å². The summed E-state index contributed by atoms with van der Waals surface area (Å²) in [5.74, 6) is 0. The van der Waals surface area contributed by atoms with E-state index in [0.29, 0.717) is 0 Å². The third-order valence-electron chi connectivity index (χ3n) is 2.33. The zero-order chi connectivity index (χ0) is 7.52. The molecule has 0 bridgehead atoms. The molecule has 0 aromatic heterocycles. The molecule has 2 aliphatic heterocycles. The van der Waals surface area contributed by atoms with Crippen molar-refractivity contribution in [3.63, 3.8) is 0 Å². The van der Waals surface area contributed by atoms with Gasteiger partial charge in [-0.2, -0.15) is 0 Å². The van der Waals surface area contributed by atoms with Crippen molar-refractivity contribution >= 4 is 0 Å². The lowest BCUT2D eigenvalue weighted by molar-refractivity contribution is -0.0138. The minimum Gasteiger partial charge on any atom is -0.314 e. The quantitative estimate of drug-likeness (QED) is 0.492. The molecule has 4 nitrogen and oxygen atoms in total. The van der Waals surface area contributed by atoms with Gasteiger partial charge in [0.25, 0.3) is 0 Å². The predicted octanol–water partition coefficient (Wildman–Crippen LogP) is -1.33. The molecule has 2 fully saturated rings. The second kappa shape index (κ2) is 3.49. The summed E-state index contributed by atoms with van der Waals surface area (Å²) in [5, 5.41) is 11.5. The van der Waals surface area contributed by atoms with Crippen molar-refractivity contribution in [3.05, 3.63) is 0 Å². The number of rotatable bonds is 1. The summed E-state index contributed by atoms with van der Waals surface area (Å²) in [5.41, 5.74) is 0. The molecule has 0 amide bonds. The Kier molecular flexibility index (Phi) is 2.38. The number of hydrazine groups is 1. The maximum atomic E-state index is 3.35. The molecule has 2 heterocycles. The minimum atomic E-state index is 1.04. The molecule has 0 aromatic carbocycles. The summed E-state index contributed by atoms with van der Waals surface area (Å²) in [6.45, 7) is 7.97. The van der Waals surface area contributed by atoms with Gasteiger partial charge in [0.1, 0.15) is 0 Å². The second-order valence-corrected chi connectivity index (χ2v) is 3.09. The molecule has 2 rings (SSSR count). The van der Waals surface area contributed by atoms with Crippen molar-refractivity contribution in [2.45, 2.75) is 0 Å². The Bertz CT molecular complexity index is 116. The molecular weight excluding hydrogens is 140 g/mol. The highest BCUT2D eigenvalue weighted by molar-refractivity contribution is 4.70. The summed E-state index contributed by atoms with van der Waals surface area (Å²) in [6, 6.07) is 0. The molecule has 11 heavy (non-hydrogen) atoms. The van der Waals surface area contributed by atoms with Gasteiger partial charge in [0.2, 0.25) is 0 Å². The average molecular weight is 156 g/mol. The summed E-state index contributed by atoms with van der Waals surface area (Å²) in [7, 11) is 0. The molecule has 0 aromatic rings. The number of nitrogens with one attached hydrogen (secondary N) is 2. The van der Waals surface area contributed by atoms with Gasteiger partial charge in [-0.15, -0.1) is 0 Å². The van der Waals surface area contributed by atoms with Crippen LogP contribution in [-0.2, 0) is 0 Å². The van der Waals surface area contributed by atoms with E-state index in [9.17, 15) is 0 Å². The largest absolute Gasteiger partial charge is 0.314 e. The van der Waals surface area contributed by atoms with Crippen LogP contribution < -0.4 is 10.6 Å². The predicted molar refractivity (Wildman–Crippen MR) is 44.0 cm³/mol. The van der Waals surface area contributed by atoms with Crippen LogP contribution in [-0.4, -0.2) is 56.0 Å². The smallest absolute Gasteiger partial charge is 0.0624 e. The van der Waals surface area contributed by atoms with E-state index in [0.717, 1.165) is 26.3 Å². The Labute approximate surface area is 67.5 Å². The Morgan fingerprint density at radius 3 is 2.00 bits per heavy atom. The van der Waals surface area contributed by atoms with Gasteiger partial charge in [-0.05, 0) is 0 Å². The standard InChI is InChI=1S/C7H16N4/c1-4-10(5-2-8-1)11-6-3-9-7-11/h8-9H,1-7H2. The molecule has 0 radical (unpaired) electrons. The average Bonchev–Trinajstić information content (AvgIpc) is 2.58. The van der Waals surface area contributed by atoms with Gasteiger partial charge in [-0.3, -0.25) is 0 Å². The molecule has 2 aliphatic rings. The van der Waals surface area contributed by atoms with Crippen molar-refractivity contribution in [2.24, 2.45) is 0 Å². The van der Waals surface area contributed by atoms with E-state index >= 15 is 0 Å². The Morgan fingerprint density at radius 2 is 1.36 bits per heavy atom. The van der Waals surface area contributed by atoms with E-state index in [1.165, 1.54) is 19.6 Å². The monoisotopic (exact) mass is 156 g/mol. The fraction of sp³-hybridized carbons (Fsp3) is 1.00. The van der Waals surface area contributed by atoms with E-state index in [1.807, 2.05) is 0 Å². The molecule has 0 spiro atoms. The number of piperazine rings is 1. The summed E-state index contributed by atoms with van der Waals surface area (Å²) < 4.78 is 0. The highest BCUT2D eigenvalue weighted by Crippen LogP contribution is 2.01. The SMILES string of the molecule is C1CN(N2CCNC2)CCN1. The fourth-order valence-electron chi connectivity index (χ4n) is 1.67. The first-order valence-electron chi connectivity index (χ1n) is 4.38. The molecule has 0 aliphatic carbocycles. The van der Waals surface area contributed by atoms with Gasteiger partial charge >= 0.3 is 0 Å². The Morgan fingerprint density at radius 1 is 0.727 bits per heavy atom. The number of hydrogen-bond acceptors (Lipinski definition) is 4. The highest BCUT2D eigenvalue weighted by Gasteiger charge is 2.19. The molecule has 64 valence electrons. The first-order chi connectivity index (χ1) is 5.47. The number of hydrogen-bond donors (Lipinski definition) is 2. The molecule has 0 unspecified atom stereocenters. The van der Waals surface area contributed by atoms with Gasteiger partial charge in [0.15, 0.2) is 0 Å². The van der Waals surface area contributed by atoms with Crippen molar-refractivity contribution in [2.75, 3.05) is 45.9 Å². The molecule has 0 atom stereocenters. The van der Waals surface area contributed by atoms with E-state index in [4.69, 9.17) is 0 Å². The summed E-state index contributed by atoms with van der Waals surface area (Å²) >= 11 is 0. The van der Waals surface area contributed by atoms with E-state index in [1.54, 1.807) is 0 Å². The first kappa shape index (κ1) is 7.49. The molecule has 0 saturated carbocycles. The van der Waals surface area contributed by atoms with Crippen molar-refractivity contribution in [3.8, 4) is 0 Å². The molecule has 4 heteroatoms. The molecular formula is C7H16N4.